The van der Waals surface area contributed by atoms with E-state index in [1.54, 1.807) is 25.2 Å². The summed E-state index contributed by atoms with van der Waals surface area (Å²) in [6.45, 7) is 3.72. The highest BCUT2D eigenvalue weighted by atomic mass is 32.2. The third-order valence-electron chi connectivity index (χ3n) is 4.15. The summed E-state index contributed by atoms with van der Waals surface area (Å²) in [6, 6.07) is 1.22. The van der Waals surface area contributed by atoms with Gasteiger partial charge in [-0.05, 0) is 25.3 Å². The van der Waals surface area contributed by atoms with E-state index in [1.165, 1.54) is 16.2 Å². The molecule has 1 saturated heterocycles. The Morgan fingerprint density at radius 3 is 2.62 bits per heavy atom. The third-order valence-corrected chi connectivity index (χ3v) is 7.64. The summed E-state index contributed by atoms with van der Waals surface area (Å²) in [6.07, 6.45) is 0. The number of carbonyl (C=O) groups excluding carboxylic acids is 2. The molecule has 7 nitrogen and oxygen atoms in total. The van der Waals surface area contributed by atoms with Crippen LogP contribution in [0.2, 0.25) is 0 Å². The number of carbonyl (C=O) groups is 2. The molecule has 3 rings (SSSR count). The Morgan fingerprint density at radius 1 is 1.31 bits per heavy atom. The van der Waals surface area contributed by atoms with E-state index in [-0.39, 0.29) is 36.4 Å². The Kier molecular flexibility index (Phi) is 5.44. The zero-order valence-electron chi connectivity index (χ0n) is 14.4. The van der Waals surface area contributed by atoms with E-state index in [9.17, 15) is 18.0 Å². The van der Waals surface area contributed by atoms with Gasteiger partial charge in [-0.2, -0.15) is 11.3 Å². The van der Waals surface area contributed by atoms with Crippen molar-refractivity contribution in [1.82, 2.24) is 15.2 Å². The van der Waals surface area contributed by atoms with Crippen molar-refractivity contribution in [2.24, 2.45) is 0 Å². The summed E-state index contributed by atoms with van der Waals surface area (Å²) in [5.41, 5.74) is 1.60. The molecule has 26 heavy (non-hydrogen) atoms. The van der Waals surface area contributed by atoms with Gasteiger partial charge in [-0.25, -0.2) is 13.4 Å². The molecule has 3 heterocycles. The summed E-state index contributed by atoms with van der Waals surface area (Å²) < 4.78 is 23.0. The van der Waals surface area contributed by atoms with Crippen molar-refractivity contribution in [2.75, 3.05) is 24.6 Å². The highest BCUT2D eigenvalue weighted by Crippen LogP contribution is 2.29. The quantitative estimate of drug-likeness (QED) is 0.820. The van der Waals surface area contributed by atoms with E-state index >= 15 is 0 Å². The number of rotatable bonds is 4. The van der Waals surface area contributed by atoms with Crippen LogP contribution >= 0.6 is 22.7 Å². The maximum absolute atomic E-state index is 12.5. The molecule has 1 aliphatic rings. The fraction of sp³-hybridized carbons (Fsp3) is 0.438. The third kappa shape index (κ3) is 4.13. The standard InChI is InChI=1S/C16H19N3O4S3/c1-10-13(25-15(18-10)12-3-6-24-9-12)14(20)17-11(2)16(21)19-4-7-26(22,23)8-5-19/h3,6,9,11H,4-5,7-8H2,1-2H3,(H,17,20). The van der Waals surface area contributed by atoms with Gasteiger partial charge in [-0.15, -0.1) is 11.3 Å². The minimum atomic E-state index is -3.05. The second kappa shape index (κ2) is 7.45. The summed E-state index contributed by atoms with van der Waals surface area (Å²) in [5, 5.41) is 7.40. The molecule has 0 spiro atoms. The summed E-state index contributed by atoms with van der Waals surface area (Å²) in [7, 11) is -3.05. The van der Waals surface area contributed by atoms with Gasteiger partial charge < -0.3 is 10.2 Å². The van der Waals surface area contributed by atoms with Gasteiger partial charge in [0, 0.05) is 24.0 Å². The lowest BCUT2D eigenvalue weighted by Gasteiger charge is -2.29. The molecule has 10 heteroatoms. The van der Waals surface area contributed by atoms with E-state index in [1.807, 2.05) is 16.8 Å². The van der Waals surface area contributed by atoms with Crippen LogP contribution in [0.5, 0.6) is 0 Å². The van der Waals surface area contributed by atoms with Gasteiger partial charge in [-0.3, -0.25) is 9.59 Å². The second-order valence-electron chi connectivity index (χ2n) is 6.12. The number of aryl methyl sites for hydroxylation is 1. The van der Waals surface area contributed by atoms with Crippen LogP contribution in [-0.4, -0.2) is 60.8 Å². The fourth-order valence-corrected chi connectivity index (χ4v) is 5.53. The maximum atomic E-state index is 12.5. The van der Waals surface area contributed by atoms with Gasteiger partial charge in [0.1, 0.15) is 15.9 Å². The monoisotopic (exact) mass is 413 g/mol. The summed E-state index contributed by atoms with van der Waals surface area (Å²) in [5.74, 6) is -0.671. The number of nitrogens with one attached hydrogen (secondary N) is 1. The number of nitrogens with zero attached hydrogens (tertiary/aromatic N) is 2. The molecular weight excluding hydrogens is 394 g/mol. The smallest absolute Gasteiger partial charge is 0.263 e. The fourth-order valence-electron chi connectivity index (χ4n) is 2.65. The molecule has 0 saturated carbocycles. The lowest BCUT2D eigenvalue weighted by Crippen LogP contribution is -2.51. The first kappa shape index (κ1) is 19.0. The molecule has 1 atom stereocenters. The van der Waals surface area contributed by atoms with E-state index in [2.05, 4.69) is 10.3 Å². The van der Waals surface area contributed by atoms with Crippen LogP contribution in [0.3, 0.4) is 0 Å². The summed E-state index contributed by atoms with van der Waals surface area (Å²) in [4.78, 5) is 31.4. The van der Waals surface area contributed by atoms with Crippen molar-refractivity contribution in [3.05, 3.63) is 27.4 Å². The Labute approximate surface area is 160 Å². The zero-order chi connectivity index (χ0) is 18.9. The highest BCUT2D eigenvalue weighted by Gasteiger charge is 2.29. The SMILES string of the molecule is Cc1nc(-c2ccsc2)sc1C(=O)NC(C)C(=O)N1CCS(=O)(=O)CC1. The van der Waals surface area contributed by atoms with Crippen molar-refractivity contribution in [1.29, 1.82) is 0 Å². The van der Waals surface area contributed by atoms with Crippen LogP contribution in [0, 0.1) is 6.92 Å². The van der Waals surface area contributed by atoms with Gasteiger partial charge in [-0.1, -0.05) is 0 Å². The van der Waals surface area contributed by atoms with E-state index in [4.69, 9.17) is 0 Å². The van der Waals surface area contributed by atoms with Crippen molar-refractivity contribution < 1.29 is 18.0 Å². The molecule has 2 amide bonds. The van der Waals surface area contributed by atoms with Crippen LogP contribution in [0.25, 0.3) is 10.6 Å². The molecule has 2 aromatic heterocycles. The molecule has 0 aromatic carbocycles. The zero-order valence-corrected chi connectivity index (χ0v) is 16.8. The molecule has 140 valence electrons. The topological polar surface area (TPSA) is 96.4 Å². The number of hydrogen-bond donors (Lipinski definition) is 1. The molecule has 1 fully saturated rings. The Balaban J connectivity index is 1.65. The molecule has 1 N–H and O–H groups in total. The van der Waals surface area contributed by atoms with Crippen molar-refractivity contribution >= 4 is 44.3 Å². The number of hydrogen-bond acceptors (Lipinski definition) is 7. The molecule has 1 unspecified atom stereocenters. The van der Waals surface area contributed by atoms with E-state index in [0.29, 0.717) is 10.6 Å². The van der Waals surface area contributed by atoms with Gasteiger partial charge in [0.25, 0.3) is 5.91 Å². The van der Waals surface area contributed by atoms with Crippen LogP contribution in [0.4, 0.5) is 0 Å². The van der Waals surface area contributed by atoms with Gasteiger partial charge in [0.15, 0.2) is 9.84 Å². The molecule has 1 aliphatic heterocycles. The second-order valence-corrected chi connectivity index (χ2v) is 10.2. The molecule has 0 aliphatic carbocycles. The van der Waals surface area contributed by atoms with Crippen molar-refractivity contribution in [3.63, 3.8) is 0 Å². The van der Waals surface area contributed by atoms with Crippen LogP contribution in [-0.2, 0) is 14.6 Å². The number of amides is 2. The molecule has 2 aromatic rings. The first-order chi connectivity index (χ1) is 12.3. The number of sulfone groups is 1. The van der Waals surface area contributed by atoms with Crippen LogP contribution in [0.1, 0.15) is 22.3 Å². The van der Waals surface area contributed by atoms with Crippen LogP contribution in [0.15, 0.2) is 16.8 Å². The maximum Gasteiger partial charge on any atom is 0.263 e. The lowest BCUT2D eigenvalue weighted by molar-refractivity contribution is -0.132. The Bertz CT molecular complexity index is 905. The largest absolute Gasteiger partial charge is 0.340 e. The van der Waals surface area contributed by atoms with E-state index < -0.39 is 15.9 Å². The predicted octanol–water partition coefficient (Wildman–Crippen LogP) is 1.56. The average Bonchev–Trinajstić information content (AvgIpc) is 3.23. The lowest BCUT2D eigenvalue weighted by atomic mass is 10.2. The molecule has 0 bridgehead atoms. The Morgan fingerprint density at radius 2 is 2.00 bits per heavy atom. The normalized spacial score (nSPS) is 17.7. The molecular formula is C16H19N3O4S3. The predicted molar refractivity (Wildman–Crippen MR) is 102 cm³/mol. The number of thiazole rings is 1. The highest BCUT2D eigenvalue weighted by molar-refractivity contribution is 7.91. The van der Waals surface area contributed by atoms with Gasteiger partial charge >= 0.3 is 0 Å². The van der Waals surface area contributed by atoms with Crippen LogP contribution < -0.4 is 5.32 Å². The van der Waals surface area contributed by atoms with Gasteiger partial charge in [0.05, 0.1) is 17.2 Å². The molecule has 0 radical (unpaired) electrons. The van der Waals surface area contributed by atoms with Crippen molar-refractivity contribution in [2.45, 2.75) is 19.9 Å². The number of aromatic nitrogens is 1. The summed E-state index contributed by atoms with van der Waals surface area (Å²) >= 11 is 2.85. The van der Waals surface area contributed by atoms with Crippen molar-refractivity contribution in [3.8, 4) is 10.6 Å². The first-order valence-electron chi connectivity index (χ1n) is 8.07. The van der Waals surface area contributed by atoms with Gasteiger partial charge in [0.2, 0.25) is 5.91 Å². The average molecular weight is 414 g/mol. The minimum Gasteiger partial charge on any atom is -0.340 e. The minimum absolute atomic E-state index is 0.0304. The number of thiophene rings is 1. The van der Waals surface area contributed by atoms with E-state index in [0.717, 1.165) is 10.6 Å². The first-order valence-corrected chi connectivity index (χ1v) is 11.6. The Hall–Kier alpha value is -1.78.